The first-order valence-corrected chi connectivity index (χ1v) is 13.0. The van der Waals surface area contributed by atoms with Gasteiger partial charge in [0.2, 0.25) is 0 Å². The third kappa shape index (κ3) is 6.17. The second-order valence-corrected chi connectivity index (χ2v) is 10.4. The van der Waals surface area contributed by atoms with E-state index in [4.69, 9.17) is 9.47 Å². The van der Waals surface area contributed by atoms with Crippen LogP contribution < -0.4 is 0 Å². The van der Waals surface area contributed by atoms with Crippen LogP contribution in [0.1, 0.15) is 41.1 Å². The molecule has 1 atom stereocenters. The molecule has 2 aromatic carbocycles. The van der Waals surface area contributed by atoms with Crippen molar-refractivity contribution < 1.29 is 27.4 Å². The summed E-state index contributed by atoms with van der Waals surface area (Å²) >= 11 is 0. The Morgan fingerprint density at radius 1 is 1.00 bits per heavy atom. The first kappa shape index (κ1) is 26.2. The molecule has 0 aliphatic carbocycles. The highest BCUT2D eigenvalue weighted by molar-refractivity contribution is 5.94. The molecule has 3 aliphatic heterocycles. The largest absolute Gasteiger partial charge is 0.347 e. The van der Waals surface area contributed by atoms with Crippen LogP contribution in [0.3, 0.4) is 0 Å². The third-order valence-electron chi connectivity index (χ3n) is 7.91. The summed E-state index contributed by atoms with van der Waals surface area (Å²) in [5.41, 5.74) is 0.904. The monoisotopic (exact) mass is 517 g/mol. The summed E-state index contributed by atoms with van der Waals surface area (Å²) < 4.78 is 52.5. The molecule has 2 aromatic rings. The van der Waals surface area contributed by atoms with Crippen molar-refractivity contribution in [2.75, 3.05) is 59.5 Å². The molecule has 9 heteroatoms. The zero-order valence-electron chi connectivity index (χ0n) is 21.2. The lowest BCUT2D eigenvalue weighted by molar-refractivity contribution is -0.191. The van der Waals surface area contributed by atoms with E-state index in [1.54, 1.807) is 19.2 Å². The van der Waals surface area contributed by atoms with E-state index in [2.05, 4.69) is 9.80 Å². The van der Waals surface area contributed by atoms with E-state index in [1.165, 1.54) is 17.0 Å². The van der Waals surface area contributed by atoms with Gasteiger partial charge in [0, 0.05) is 76.2 Å². The molecule has 3 aliphatic rings. The van der Waals surface area contributed by atoms with Crippen molar-refractivity contribution in [3.8, 4) is 0 Å². The zero-order valence-corrected chi connectivity index (χ0v) is 21.2. The molecule has 1 spiro atoms. The van der Waals surface area contributed by atoms with E-state index in [9.17, 15) is 18.0 Å². The molecular weight excluding hydrogens is 483 g/mol. The lowest BCUT2D eigenvalue weighted by Crippen LogP contribution is -2.62. The lowest BCUT2D eigenvalue weighted by atomic mass is 9.93. The second-order valence-electron chi connectivity index (χ2n) is 10.4. The summed E-state index contributed by atoms with van der Waals surface area (Å²) in [6, 6.07) is 9.70. The molecule has 0 radical (unpaired) electrons. The Balaban J connectivity index is 1.16. The molecule has 1 amide bonds. The summed E-state index contributed by atoms with van der Waals surface area (Å²) in [5, 5.41) is 0. The molecule has 3 saturated heterocycles. The van der Waals surface area contributed by atoms with E-state index in [0.29, 0.717) is 25.8 Å². The van der Waals surface area contributed by atoms with Gasteiger partial charge in [0.05, 0.1) is 13.2 Å². The molecule has 3 heterocycles. The van der Waals surface area contributed by atoms with E-state index in [-0.39, 0.29) is 23.1 Å². The Hall–Kier alpha value is -2.46. The number of hydrogen-bond donors (Lipinski definition) is 0. The van der Waals surface area contributed by atoms with Crippen molar-refractivity contribution in [3.63, 3.8) is 0 Å². The van der Waals surface area contributed by atoms with Gasteiger partial charge in [-0.1, -0.05) is 12.1 Å². The molecule has 37 heavy (non-hydrogen) atoms. The minimum absolute atomic E-state index is 0.0276. The first-order chi connectivity index (χ1) is 17.8. The number of halogens is 3. The highest BCUT2D eigenvalue weighted by atomic mass is 19.1. The number of carbonyl (C=O) groups is 1. The lowest BCUT2D eigenvalue weighted by Gasteiger charge is -2.49. The van der Waals surface area contributed by atoms with E-state index in [1.807, 2.05) is 0 Å². The van der Waals surface area contributed by atoms with Gasteiger partial charge in [-0.05, 0) is 42.8 Å². The van der Waals surface area contributed by atoms with Crippen molar-refractivity contribution >= 4 is 5.91 Å². The van der Waals surface area contributed by atoms with Crippen LogP contribution in [-0.2, 0) is 9.47 Å². The standard InChI is InChI=1S/C28H34F3N3O3/c1-32(27(35)22-14-24(30)16-25(31)15-22)17-21(20-2-4-23(29)5-3-20)6-9-33-18-26(19-33)34-10-7-28(8-11-34)36-12-13-37-28/h2-5,14-16,21,26H,6-13,17-19H2,1H3. The highest BCUT2D eigenvalue weighted by Gasteiger charge is 2.43. The number of likely N-dealkylation sites (N-methyl/N-ethyl adjacent to an activating group) is 1. The second kappa shape index (κ2) is 11.1. The molecule has 0 saturated carbocycles. The fourth-order valence-corrected chi connectivity index (χ4v) is 5.72. The van der Waals surface area contributed by atoms with Gasteiger partial charge in [0.15, 0.2) is 5.79 Å². The fourth-order valence-electron chi connectivity index (χ4n) is 5.72. The van der Waals surface area contributed by atoms with E-state index < -0.39 is 17.5 Å². The normalized spacial score (nSPS) is 21.2. The SMILES string of the molecule is CN(CC(CCN1CC(N2CCC3(CC2)OCCO3)C1)c1ccc(F)cc1)C(=O)c1cc(F)cc(F)c1. The van der Waals surface area contributed by atoms with Crippen LogP contribution >= 0.6 is 0 Å². The minimum atomic E-state index is -0.786. The van der Waals surface area contributed by atoms with Gasteiger partial charge < -0.3 is 19.3 Å². The number of amides is 1. The van der Waals surface area contributed by atoms with Gasteiger partial charge in [-0.25, -0.2) is 13.2 Å². The highest BCUT2D eigenvalue weighted by Crippen LogP contribution is 2.33. The van der Waals surface area contributed by atoms with Crippen LogP contribution in [0.15, 0.2) is 42.5 Å². The topological polar surface area (TPSA) is 45.2 Å². The molecular formula is C28H34F3N3O3. The molecule has 0 bridgehead atoms. The van der Waals surface area contributed by atoms with Crippen LogP contribution in [0.25, 0.3) is 0 Å². The molecule has 1 unspecified atom stereocenters. The number of nitrogens with zero attached hydrogens (tertiary/aromatic N) is 3. The molecule has 0 aromatic heterocycles. The zero-order chi connectivity index (χ0) is 26.0. The van der Waals surface area contributed by atoms with Crippen molar-refractivity contribution in [2.24, 2.45) is 0 Å². The molecule has 3 fully saturated rings. The summed E-state index contributed by atoms with van der Waals surface area (Å²) in [4.78, 5) is 19.3. The number of likely N-dealkylation sites (tertiary alicyclic amines) is 2. The number of rotatable bonds is 8. The Kier molecular flexibility index (Phi) is 7.85. The van der Waals surface area contributed by atoms with Crippen LogP contribution in [0.4, 0.5) is 13.2 Å². The Morgan fingerprint density at radius 3 is 2.24 bits per heavy atom. The van der Waals surface area contributed by atoms with E-state index >= 15 is 0 Å². The average Bonchev–Trinajstić information content (AvgIpc) is 3.30. The van der Waals surface area contributed by atoms with Crippen LogP contribution in [0.5, 0.6) is 0 Å². The maximum absolute atomic E-state index is 13.6. The maximum atomic E-state index is 13.6. The number of benzene rings is 2. The van der Waals surface area contributed by atoms with Crippen LogP contribution in [0.2, 0.25) is 0 Å². The third-order valence-corrected chi connectivity index (χ3v) is 7.91. The van der Waals surface area contributed by atoms with Gasteiger partial charge in [-0.3, -0.25) is 9.69 Å². The van der Waals surface area contributed by atoms with Crippen LogP contribution in [-0.4, -0.2) is 92.0 Å². The van der Waals surface area contributed by atoms with Gasteiger partial charge >= 0.3 is 0 Å². The fraction of sp³-hybridized carbons (Fsp3) is 0.536. The Bertz CT molecular complexity index is 1060. The minimum Gasteiger partial charge on any atom is -0.347 e. The summed E-state index contributed by atoms with van der Waals surface area (Å²) in [5.74, 6) is -2.74. The van der Waals surface area contributed by atoms with Crippen molar-refractivity contribution in [3.05, 3.63) is 71.0 Å². The summed E-state index contributed by atoms with van der Waals surface area (Å²) in [6.07, 6.45) is 2.59. The Labute approximate surface area is 215 Å². The molecule has 200 valence electrons. The van der Waals surface area contributed by atoms with Gasteiger partial charge in [0.1, 0.15) is 17.5 Å². The average molecular weight is 518 g/mol. The van der Waals surface area contributed by atoms with Gasteiger partial charge in [-0.15, -0.1) is 0 Å². The summed E-state index contributed by atoms with van der Waals surface area (Å²) in [6.45, 7) is 6.50. The van der Waals surface area contributed by atoms with Gasteiger partial charge in [0.25, 0.3) is 5.91 Å². The molecule has 5 rings (SSSR count). The predicted octanol–water partition coefficient (Wildman–Crippen LogP) is 3.87. The van der Waals surface area contributed by atoms with Crippen molar-refractivity contribution in [1.82, 2.24) is 14.7 Å². The Morgan fingerprint density at radius 2 is 1.62 bits per heavy atom. The first-order valence-electron chi connectivity index (χ1n) is 13.0. The van der Waals surface area contributed by atoms with Crippen molar-refractivity contribution in [2.45, 2.75) is 37.0 Å². The molecule has 0 N–H and O–H groups in total. The van der Waals surface area contributed by atoms with E-state index in [0.717, 1.165) is 75.7 Å². The maximum Gasteiger partial charge on any atom is 0.253 e. The quantitative estimate of drug-likeness (QED) is 0.532. The van der Waals surface area contributed by atoms with Gasteiger partial charge in [-0.2, -0.15) is 0 Å². The number of ether oxygens (including phenoxy) is 2. The smallest absolute Gasteiger partial charge is 0.253 e. The van der Waals surface area contributed by atoms with Crippen LogP contribution in [0, 0.1) is 17.5 Å². The number of carbonyl (C=O) groups excluding carboxylic acids is 1. The summed E-state index contributed by atoms with van der Waals surface area (Å²) in [7, 11) is 1.63. The predicted molar refractivity (Wildman–Crippen MR) is 133 cm³/mol. The molecule has 6 nitrogen and oxygen atoms in total. The van der Waals surface area contributed by atoms with Crippen molar-refractivity contribution in [1.29, 1.82) is 0 Å². The number of piperidine rings is 1. The number of hydrogen-bond acceptors (Lipinski definition) is 5.